The van der Waals surface area contributed by atoms with Gasteiger partial charge < -0.3 is 4.74 Å². The molecular formula is C19H36O2S2. The quantitative estimate of drug-likeness (QED) is 0.190. The molecule has 0 radical (unpaired) electrons. The van der Waals surface area contributed by atoms with Crippen LogP contribution in [-0.2, 0) is 4.74 Å². The predicted octanol–water partition coefficient (Wildman–Crippen LogP) is 7.76. The van der Waals surface area contributed by atoms with E-state index in [9.17, 15) is 4.79 Å². The van der Waals surface area contributed by atoms with Gasteiger partial charge in [-0.3, -0.25) is 0 Å². The van der Waals surface area contributed by atoms with Gasteiger partial charge >= 0.3 is 5.30 Å². The molecule has 0 saturated heterocycles. The first kappa shape index (κ1) is 21.2. The first-order chi connectivity index (χ1) is 11.3. The number of rotatable bonds is 13. The van der Waals surface area contributed by atoms with Crippen LogP contribution in [0.3, 0.4) is 0 Å². The molecule has 0 aromatic carbocycles. The summed E-state index contributed by atoms with van der Waals surface area (Å²) in [6, 6.07) is 0. The van der Waals surface area contributed by atoms with E-state index in [0.29, 0.717) is 0 Å². The highest BCUT2D eigenvalue weighted by atomic mass is 33.1. The van der Waals surface area contributed by atoms with Gasteiger partial charge in [-0.15, -0.1) is 0 Å². The Bertz CT molecular complexity index is 279. The van der Waals surface area contributed by atoms with Crippen molar-refractivity contribution in [1.82, 2.24) is 0 Å². The summed E-state index contributed by atoms with van der Waals surface area (Å²) in [5.41, 5.74) is 0. The van der Waals surface area contributed by atoms with Gasteiger partial charge in [-0.1, -0.05) is 81.9 Å². The molecule has 1 aliphatic carbocycles. The first-order valence-electron chi connectivity index (χ1n) is 9.83. The Hall–Kier alpha value is 0.170. The number of carbonyl (C=O) groups excluding carboxylic acids is 1. The summed E-state index contributed by atoms with van der Waals surface area (Å²) >= 11 is 0. The summed E-state index contributed by atoms with van der Waals surface area (Å²) in [5, 5.41) is -0.0750. The molecule has 1 saturated carbocycles. The van der Waals surface area contributed by atoms with Crippen molar-refractivity contribution in [2.45, 2.75) is 109 Å². The van der Waals surface area contributed by atoms with Crippen LogP contribution in [0.1, 0.15) is 103 Å². The van der Waals surface area contributed by atoms with E-state index in [0.717, 1.165) is 18.6 Å². The molecule has 4 heteroatoms. The van der Waals surface area contributed by atoms with E-state index in [4.69, 9.17) is 4.74 Å². The Balaban J connectivity index is 1.77. The molecule has 0 aromatic heterocycles. The van der Waals surface area contributed by atoms with Crippen LogP contribution in [0, 0.1) is 0 Å². The van der Waals surface area contributed by atoms with E-state index < -0.39 is 0 Å². The largest absolute Gasteiger partial charge is 0.454 e. The second kappa shape index (κ2) is 15.7. The first-order valence-corrected chi connectivity index (χ1v) is 12.1. The van der Waals surface area contributed by atoms with Crippen molar-refractivity contribution in [2.75, 3.05) is 5.75 Å². The summed E-state index contributed by atoms with van der Waals surface area (Å²) in [7, 11) is 2.97. The maximum absolute atomic E-state index is 11.7. The van der Waals surface area contributed by atoms with Gasteiger partial charge in [-0.05, 0) is 32.1 Å². The predicted molar refractivity (Wildman–Crippen MR) is 105 cm³/mol. The zero-order valence-corrected chi connectivity index (χ0v) is 16.7. The van der Waals surface area contributed by atoms with Crippen LogP contribution in [0.15, 0.2) is 0 Å². The zero-order valence-electron chi connectivity index (χ0n) is 15.0. The van der Waals surface area contributed by atoms with Gasteiger partial charge in [-0.2, -0.15) is 0 Å². The normalized spacial score (nSPS) is 15.7. The van der Waals surface area contributed by atoms with Crippen LogP contribution >= 0.6 is 21.6 Å². The standard InChI is InChI=1S/C19H36O2S2/c1-2-3-4-5-6-7-8-9-10-14-17-22-23-19(20)21-18-15-12-11-13-16-18/h18H,2-17H2,1H3. The molecule has 0 amide bonds. The summed E-state index contributed by atoms with van der Waals surface area (Å²) in [5.74, 6) is 1.07. The SMILES string of the molecule is CCCCCCCCCCCCSSC(=O)OC1CCCCC1. The molecule has 0 unspecified atom stereocenters. The summed E-state index contributed by atoms with van der Waals surface area (Å²) < 4.78 is 5.49. The number of unbranched alkanes of at least 4 members (excludes halogenated alkanes) is 9. The van der Waals surface area contributed by atoms with Gasteiger partial charge in [-0.25, -0.2) is 4.79 Å². The van der Waals surface area contributed by atoms with Crippen LogP contribution in [0.25, 0.3) is 0 Å². The fourth-order valence-electron chi connectivity index (χ4n) is 3.08. The van der Waals surface area contributed by atoms with Crippen molar-refractivity contribution in [1.29, 1.82) is 0 Å². The average Bonchev–Trinajstić information content (AvgIpc) is 2.57. The third kappa shape index (κ3) is 13.2. The molecule has 2 nitrogen and oxygen atoms in total. The molecule has 1 rings (SSSR count). The van der Waals surface area contributed by atoms with E-state index in [1.165, 1.54) is 94.3 Å². The Morgan fingerprint density at radius 1 is 0.870 bits per heavy atom. The second-order valence-electron chi connectivity index (χ2n) is 6.72. The van der Waals surface area contributed by atoms with E-state index >= 15 is 0 Å². The van der Waals surface area contributed by atoms with Crippen LogP contribution in [0.2, 0.25) is 0 Å². The van der Waals surface area contributed by atoms with E-state index in [-0.39, 0.29) is 11.4 Å². The Kier molecular flexibility index (Phi) is 14.5. The minimum Gasteiger partial charge on any atom is -0.454 e. The van der Waals surface area contributed by atoms with Crippen molar-refractivity contribution in [3.05, 3.63) is 0 Å². The molecule has 0 aliphatic heterocycles. The monoisotopic (exact) mass is 360 g/mol. The van der Waals surface area contributed by atoms with Crippen molar-refractivity contribution in [3.8, 4) is 0 Å². The van der Waals surface area contributed by atoms with Gasteiger partial charge in [0.15, 0.2) is 0 Å². The van der Waals surface area contributed by atoms with Gasteiger partial charge in [0, 0.05) is 16.5 Å². The molecule has 0 bridgehead atoms. The van der Waals surface area contributed by atoms with Gasteiger partial charge in [0.2, 0.25) is 0 Å². The highest BCUT2D eigenvalue weighted by Gasteiger charge is 2.17. The van der Waals surface area contributed by atoms with E-state index in [1.54, 1.807) is 10.8 Å². The minimum absolute atomic E-state index is 0.0750. The molecular weight excluding hydrogens is 324 g/mol. The van der Waals surface area contributed by atoms with Gasteiger partial charge in [0.1, 0.15) is 6.10 Å². The zero-order chi connectivity index (χ0) is 16.6. The molecule has 136 valence electrons. The number of ether oxygens (including phenoxy) is 1. The molecule has 1 aliphatic rings. The molecule has 0 atom stereocenters. The van der Waals surface area contributed by atoms with Gasteiger partial charge in [0.05, 0.1) is 0 Å². The van der Waals surface area contributed by atoms with Gasteiger partial charge in [0.25, 0.3) is 0 Å². The molecule has 0 spiro atoms. The second-order valence-corrected chi connectivity index (χ2v) is 9.07. The molecule has 0 aromatic rings. The Labute approximate surface area is 151 Å². The Morgan fingerprint density at radius 3 is 2.04 bits per heavy atom. The van der Waals surface area contributed by atoms with Crippen LogP contribution in [0.5, 0.6) is 0 Å². The third-order valence-corrected chi connectivity index (χ3v) is 6.59. The van der Waals surface area contributed by atoms with Crippen LogP contribution in [0.4, 0.5) is 4.79 Å². The highest BCUT2D eigenvalue weighted by molar-refractivity contribution is 8.82. The maximum Gasteiger partial charge on any atom is 0.378 e. The summed E-state index contributed by atoms with van der Waals surface area (Å²) in [4.78, 5) is 11.7. The fourth-order valence-corrected chi connectivity index (χ4v) is 4.76. The fraction of sp³-hybridized carbons (Fsp3) is 0.947. The Morgan fingerprint density at radius 2 is 1.43 bits per heavy atom. The van der Waals surface area contributed by atoms with Crippen LogP contribution in [-0.4, -0.2) is 17.2 Å². The smallest absolute Gasteiger partial charge is 0.378 e. The van der Waals surface area contributed by atoms with Crippen LogP contribution < -0.4 is 0 Å². The van der Waals surface area contributed by atoms with E-state index in [2.05, 4.69) is 6.92 Å². The van der Waals surface area contributed by atoms with Crippen molar-refractivity contribution in [3.63, 3.8) is 0 Å². The lowest BCUT2D eigenvalue weighted by atomic mass is 9.98. The highest BCUT2D eigenvalue weighted by Crippen LogP contribution is 2.28. The minimum atomic E-state index is -0.0750. The molecule has 0 N–H and O–H groups in total. The summed E-state index contributed by atoms with van der Waals surface area (Å²) in [6.45, 7) is 2.27. The molecule has 23 heavy (non-hydrogen) atoms. The third-order valence-electron chi connectivity index (χ3n) is 4.52. The number of carbonyl (C=O) groups is 1. The molecule has 1 fully saturated rings. The van der Waals surface area contributed by atoms with E-state index in [1.807, 2.05) is 0 Å². The average molecular weight is 361 g/mol. The topological polar surface area (TPSA) is 26.3 Å². The number of hydrogen-bond donors (Lipinski definition) is 0. The van der Waals surface area contributed by atoms with Crippen molar-refractivity contribution in [2.24, 2.45) is 0 Å². The lowest BCUT2D eigenvalue weighted by Gasteiger charge is -2.21. The lowest BCUT2D eigenvalue weighted by molar-refractivity contribution is 0.0970. The lowest BCUT2D eigenvalue weighted by Crippen LogP contribution is -2.18. The summed E-state index contributed by atoms with van der Waals surface area (Å²) in [6.07, 6.45) is 19.7. The molecule has 0 heterocycles. The maximum atomic E-state index is 11.7. The van der Waals surface area contributed by atoms with Crippen molar-refractivity contribution < 1.29 is 9.53 Å². The number of hydrogen-bond acceptors (Lipinski definition) is 4. The van der Waals surface area contributed by atoms with Crippen molar-refractivity contribution >= 4 is 26.9 Å².